The lowest BCUT2D eigenvalue weighted by Gasteiger charge is -2.16. The average Bonchev–Trinajstić information content (AvgIpc) is 2.34. The van der Waals surface area contributed by atoms with E-state index in [2.05, 4.69) is 6.92 Å². The number of carboxylic acid groups (broad SMARTS) is 1. The molecule has 0 fully saturated rings. The number of hydrogen-bond donors (Lipinski definition) is 1. The summed E-state index contributed by atoms with van der Waals surface area (Å²) >= 11 is 0. The Kier molecular flexibility index (Phi) is 9.49. The van der Waals surface area contributed by atoms with E-state index in [0.717, 1.165) is 24.5 Å². The molecule has 0 aromatic rings. The number of rotatable bonds is 10. The first-order valence-electron chi connectivity index (χ1n) is 6.69. The molecule has 0 aliphatic rings. The first-order valence-corrected chi connectivity index (χ1v) is 6.69. The summed E-state index contributed by atoms with van der Waals surface area (Å²) in [5.74, 6) is -1.03. The number of carbonyl (C=O) groups is 2. The Morgan fingerprint density at radius 1 is 1.21 bits per heavy atom. The van der Waals surface area contributed by atoms with Gasteiger partial charge >= 0.3 is 5.97 Å². The molecule has 0 saturated heterocycles. The molecule has 1 atom stereocenters. The maximum absolute atomic E-state index is 10.6. The quantitative estimate of drug-likeness (QED) is 0.285. The summed E-state index contributed by atoms with van der Waals surface area (Å²) in [6.07, 6.45) is 8.14. The maximum Gasteiger partial charge on any atom is 0.328 e. The molecule has 0 amide bonds. The zero-order valence-electron chi connectivity index (χ0n) is 12.0. The van der Waals surface area contributed by atoms with Crippen molar-refractivity contribution in [1.82, 2.24) is 0 Å². The second kappa shape index (κ2) is 10.4. The molecule has 0 spiro atoms. The third-order valence-electron chi connectivity index (χ3n) is 2.89. The largest absolute Gasteiger partial charge is 0.478 e. The second-order valence-corrected chi connectivity index (χ2v) is 4.64. The third kappa shape index (κ3) is 8.19. The van der Waals surface area contributed by atoms with E-state index in [1.165, 1.54) is 19.3 Å². The van der Waals surface area contributed by atoms with Crippen molar-refractivity contribution in [2.45, 2.75) is 59.0 Å². The van der Waals surface area contributed by atoms with Crippen molar-refractivity contribution in [1.29, 1.82) is 0 Å². The molecular weight excluding hydrogens is 244 g/mol. The van der Waals surface area contributed by atoms with E-state index in [1.54, 1.807) is 6.92 Å². The van der Waals surface area contributed by atoms with Crippen molar-refractivity contribution < 1.29 is 19.4 Å². The van der Waals surface area contributed by atoms with Crippen LogP contribution >= 0.6 is 0 Å². The van der Waals surface area contributed by atoms with Crippen LogP contribution in [0, 0.1) is 0 Å². The van der Waals surface area contributed by atoms with E-state index in [0.29, 0.717) is 12.0 Å². The zero-order chi connectivity index (χ0) is 14.7. The van der Waals surface area contributed by atoms with Gasteiger partial charge in [-0.05, 0) is 37.8 Å². The predicted octanol–water partition coefficient (Wildman–Crippen LogP) is 3.48. The van der Waals surface area contributed by atoms with Crippen molar-refractivity contribution in [2.75, 3.05) is 0 Å². The number of carbonyl (C=O) groups excluding carboxylic acids is 1. The molecule has 0 aromatic heterocycles. The van der Waals surface area contributed by atoms with Gasteiger partial charge in [-0.15, -0.1) is 0 Å². The van der Waals surface area contributed by atoms with Crippen LogP contribution in [0.4, 0.5) is 0 Å². The van der Waals surface area contributed by atoms with Gasteiger partial charge in [-0.25, -0.2) is 4.79 Å². The first-order chi connectivity index (χ1) is 9.02. The highest BCUT2D eigenvalue weighted by molar-refractivity contribution is 5.81. The monoisotopic (exact) mass is 268 g/mol. The van der Waals surface area contributed by atoms with Crippen LogP contribution in [0.15, 0.2) is 23.3 Å². The first kappa shape index (κ1) is 17.4. The zero-order valence-corrected chi connectivity index (χ0v) is 12.0. The van der Waals surface area contributed by atoms with Gasteiger partial charge in [0.2, 0.25) is 0 Å². The lowest BCUT2D eigenvalue weighted by molar-refractivity contribution is -0.133. The maximum atomic E-state index is 10.6. The molecule has 19 heavy (non-hydrogen) atoms. The van der Waals surface area contributed by atoms with Gasteiger partial charge in [0.25, 0.3) is 6.47 Å². The molecule has 108 valence electrons. The van der Waals surface area contributed by atoms with E-state index >= 15 is 0 Å². The van der Waals surface area contributed by atoms with E-state index in [1.807, 2.05) is 13.0 Å². The molecule has 0 aromatic carbocycles. The lowest BCUT2D eigenvalue weighted by Crippen LogP contribution is -2.16. The number of carboxylic acids is 1. The highest BCUT2D eigenvalue weighted by atomic mass is 16.5. The summed E-state index contributed by atoms with van der Waals surface area (Å²) in [5.41, 5.74) is 1.39. The molecule has 0 aliphatic heterocycles. The van der Waals surface area contributed by atoms with E-state index in [-0.39, 0.29) is 0 Å². The molecular formula is C15H24O4. The molecule has 0 radical (unpaired) electrons. The summed E-state index contributed by atoms with van der Waals surface area (Å²) in [4.78, 5) is 21.1. The Labute approximate surface area is 115 Å². The Morgan fingerprint density at radius 3 is 2.42 bits per heavy atom. The Balaban J connectivity index is 4.55. The molecule has 1 unspecified atom stereocenters. The fraction of sp³-hybridized carbons (Fsp3) is 0.600. The molecule has 0 heterocycles. The van der Waals surface area contributed by atoms with Crippen molar-refractivity contribution >= 4 is 12.4 Å². The van der Waals surface area contributed by atoms with Crippen LogP contribution in [0.25, 0.3) is 0 Å². The standard InChI is InChI=1S/C15H24O4/c1-4-5-6-7-8-9-12(2)15(19-11-16)13(3)10-14(17)18/h9-11,15H,4-8H2,1-3H3,(H,17,18)/b12-9+,13-10+. The highest BCUT2D eigenvalue weighted by Gasteiger charge is 2.14. The average molecular weight is 268 g/mol. The smallest absolute Gasteiger partial charge is 0.328 e. The van der Waals surface area contributed by atoms with Gasteiger partial charge in [-0.1, -0.05) is 32.3 Å². The summed E-state index contributed by atoms with van der Waals surface area (Å²) in [5, 5.41) is 8.72. The van der Waals surface area contributed by atoms with Crippen LogP contribution in [0.5, 0.6) is 0 Å². The van der Waals surface area contributed by atoms with Gasteiger partial charge < -0.3 is 9.84 Å². The van der Waals surface area contributed by atoms with Gasteiger partial charge in [0.1, 0.15) is 6.10 Å². The SMILES string of the molecule is CCCCCC/C=C(\C)C(OC=O)/C(C)=C/C(=O)O. The van der Waals surface area contributed by atoms with Crippen molar-refractivity contribution in [3.8, 4) is 0 Å². The molecule has 4 nitrogen and oxygen atoms in total. The molecule has 0 aliphatic carbocycles. The van der Waals surface area contributed by atoms with Crippen molar-refractivity contribution in [3.05, 3.63) is 23.3 Å². The van der Waals surface area contributed by atoms with Gasteiger partial charge in [0.05, 0.1) is 0 Å². The van der Waals surface area contributed by atoms with Crippen LogP contribution in [-0.2, 0) is 14.3 Å². The summed E-state index contributed by atoms with van der Waals surface area (Å²) in [6, 6.07) is 0. The van der Waals surface area contributed by atoms with Gasteiger partial charge in [-0.2, -0.15) is 0 Å². The Hall–Kier alpha value is -1.58. The number of aliphatic carboxylic acids is 1. The minimum absolute atomic E-state index is 0.359. The molecule has 0 rings (SSSR count). The molecule has 4 heteroatoms. The summed E-state index contributed by atoms with van der Waals surface area (Å²) in [6.45, 7) is 6.03. The minimum Gasteiger partial charge on any atom is -0.478 e. The van der Waals surface area contributed by atoms with Crippen molar-refractivity contribution in [3.63, 3.8) is 0 Å². The third-order valence-corrected chi connectivity index (χ3v) is 2.89. The fourth-order valence-corrected chi connectivity index (χ4v) is 1.91. The van der Waals surface area contributed by atoms with Crippen molar-refractivity contribution in [2.24, 2.45) is 0 Å². The van der Waals surface area contributed by atoms with E-state index in [9.17, 15) is 9.59 Å². The fourth-order valence-electron chi connectivity index (χ4n) is 1.91. The normalized spacial score (nSPS) is 14.1. The number of unbranched alkanes of at least 4 members (excludes halogenated alkanes) is 4. The van der Waals surface area contributed by atoms with Gasteiger partial charge in [-0.3, -0.25) is 4.79 Å². The summed E-state index contributed by atoms with van der Waals surface area (Å²) in [7, 11) is 0. The van der Waals surface area contributed by atoms with Crippen LogP contribution < -0.4 is 0 Å². The summed E-state index contributed by atoms with van der Waals surface area (Å²) < 4.78 is 4.96. The Bertz CT molecular complexity index is 342. The van der Waals surface area contributed by atoms with Crippen LogP contribution in [0.2, 0.25) is 0 Å². The number of allylic oxidation sites excluding steroid dienone is 1. The minimum atomic E-state index is -1.03. The van der Waals surface area contributed by atoms with Gasteiger partial charge in [0.15, 0.2) is 0 Å². The molecule has 1 N–H and O–H groups in total. The lowest BCUT2D eigenvalue weighted by atomic mass is 10.0. The van der Waals surface area contributed by atoms with Crippen LogP contribution in [0.3, 0.4) is 0 Å². The topological polar surface area (TPSA) is 63.6 Å². The Morgan fingerprint density at radius 2 is 1.89 bits per heavy atom. The van der Waals surface area contributed by atoms with Crippen LogP contribution in [0.1, 0.15) is 52.9 Å². The predicted molar refractivity (Wildman–Crippen MR) is 74.8 cm³/mol. The van der Waals surface area contributed by atoms with Crippen LogP contribution in [-0.4, -0.2) is 23.7 Å². The second-order valence-electron chi connectivity index (χ2n) is 4.64. The van der Waals surface area contributed by atoms with E-state index in [4.69, 9.17) is 9.84 Å². The van der Waals surface area contributed by atoms with E-state index < -0.39 is 12.1 Å². The highest BCUT2D eigenvalue weighted by Crippen LogP contribution is 2.16. The number of ether oxygens (including phenoxy) is 1. The van der Waals surface area contributed by atoms with Gasteiger partial charge in [0, 0.05) is 6.08 Å². The molecule has 0 saturated carbocycles. The number of hydrogen-bond acceptors (Lipinski definition) is 3. The molecule has 0 bridgehead atoms.